The number of carbonyl (C=O) groups is 1. The van der Waals surface area contributed by atoms with Crippen LogP contribution in [0.2, 0.25) is 0 Å². The summed E-state index contributed by atoms with van der Waals surface area (Å²) in [4.78, 5) is 18.3. The molecule has 0 atom stereocenters. The normalized spacial score (nSPS) is 13.4. The van der Waals surface area contributed by atoms with Crippen molar-refractivity contribution in [1.82, 2.24) is 10.2 Å². The highest BCUT2D eigenvalue weighted by Crippen LogP contribution is 2.23. The molecule has 0 aliphatic carbocycles. The quantitative estimate of drug-likeness (QED) is 0.238. The first-order chi connectivity index (χ1) is 14.3. The second-order valence-electron chi connectivity index (χ2n) is 6.94. The fourth-order valence-electron chi connectivity index (χ4n) is 3.15. The van der Waals surface area contributed by atoms with E-state index in [4.69, 9.17) is 5.73 Å². The van der Waals surface area contributed by atoms with Gasteiger partial charge in [-0.15, -0.1) is 37.1 Å². The van der Waals surface area contributed by atoms with Gasteiger partial charge in [0, 0.05) is 26.1 Å². The van der Waals surface area contributed by atoms with E-state index >= 15 is 0 Å². The van der Waals surface area contributed by atoms with Crippen LogP contribution in [0, 0.1) is 0 Å². The van der Waals surface area contributed by atoms with Gasteiger partial charge in [0.15, 0.2) is 5.96 Å². The molecule has 0 saturated heterocycles. The van der Waals surface area contributed by atoms with E-state index < -0.39 is 6.36 Å². The molecule has 0 radical (unpaired) electrons. The number of benzene rings is 2. The van der Waals surface area contributed by atoms with Gasteiger partial charge >= 0.3 is 6.36 Å². The number of nitrogens with zero attached hydrogens (tertiary/aromatic N) is 2. The van der Waals surface area contributed by atoms with E-state index in [0.29, 0.717) is 38.0 Å². The van der Waals surface area contributed by atoms with Crippen LogP contribution in [0.15, 0.2) is 53.5 Å². The predicted octanol–water partition coefficient (Wildman–Crippen LogP) is 3.93. The number of hydrogen-bond acceptors (Lipinski definition) is 3. The van der Waals surface area contributed by atoms with Gasteiger partial charge in [0.1, 0.15) is 5.75 Å². The van der Waals surface area contributed by atoms with Crippen molar-refractivity contribution in [2.45, 2.75) is 38.8 Å². The molecule has 10 heteroatoms. The predicted molar refractivity (Wildman–Crippen MR) is 122 cm³/mol. The minimum atomic E-state index is -4.71. The van der Waals surface area contributed by atoms with Gasteiger partial charge in [0.2, 0.25) is 5.91 Å². The van der Waals surface area contributed by atoms with Crippen LogP contribution in [0.4, 0.5) is 13.2 Å². The summed E-state index contributed by atoms with van der Waals surface area (Å²) in [6.07, 6.45) is -3.69. The van der Waals surface area contributed by atoms with E-state index in [1.165, 1.54) is 35.4 Å². The molecule has 1 aliphatic heterocycles. The SMILES string of the molecule is I.NC(=NCc1ccc(OC(F)(F)F)cc1)NCCCC(=O)N1Cc2ccccc2C1. The third-order valence-corrected chi connectivity index (χ3v) is 4.66. The zero-order valence-corrected chi connectivity index (χ0v) is 19.0. The summed E-state index contributed by atoms with van der Waals surface area (Å²) in [6.45, 7) is 2.02. The lowest BCUT2D eigenvalue weighted by Crippen LogP contribution is -2.33. The molecular weight excluding hydrogens is 524 g/mol. The van der Waals surface area contributed by atoms with Crippen molar-refractivity contribution in [2.75, 3.05) is 6.54 Å². The maximum absolute atomic E-state index is 12.3. The Bertz CT molecular complexity index is 879. The Labute approximate surface area is 195 Å². The first kappa shape index (κ1) is 24.8. The molecule has 0 saturated carbocycles. The van der Waals surface area contributed by atoms with Gasteiger partial charge in [0.25, 0.3) is 0 Å². The van der Waals surface area contributed by atoms with Crippen LogP contribution < -0.4 is 15.8 Å². The molecule has 0 unspecified atom stereocenters. The van der Waals surface area contributed by atoms with E-state index in [-0.39, 0.29) is 48.1 Å². The van der Waals surface area contributed by atoms with Crippen molar-refractivity contribution in [3.63, 3.8) is 0 Å². The number of alkyl halides is 3. The number of fused-ring (bicyclic) bond motifs is 1. The highest BCUT2D eigenvalue weighted by atomic mass is 127. The number of guanidine groups is 1. The molecule has 0 spiro atoms. The van der Waals surface area contributed by atoms with Gasteiger partial charge in [-0.25, -0.2) is 4.99 Å². The summed E-state index contributed by atoms with van der Waals surface area (Å²) in [5.74, 6) is 0.0309. The van der Waals surface area contributed by atoms with Crippen molar-refractivity contribution in [1.29, 1.82) is 0 Å². The van der Waals surface area contributed by atoms with Gasteiger partial charge in [-0.1, -0.05) is 36.4 Å². The number of halogens is 4. The number of amides is 1. The van der Waals surface area contributed by atoms with E-state index in [9.17, 15) is 18.0 Å². The second-order valence-corrected chi connectivity index (χ2v) is 6.94. The summed E-state index contributed by atoms with van der Waals surface area (Å²) < 4.78 is 40.3. The molecule has 1 heterocycles. The van der Waals surface area contributed by atoms with Gasteiger partial charge < -0.3 is 20.7 Å². The fourth-order valence-corrected chi connectivity index (χ4v) is 3.15. The number of aliphatic imine (C=N–C) groups is 1. The van der Waals surface area contributed by atoms with Gasteiger partial charge in [-0.2, -0.15) is 0 Å². The average Bonchev–Trinajstić information content (AvgIpc) is 3.14. The average molecular weight is 548 g/mol. The molecule has 1 aliphatic rings. The summed E-state index contributed by atoms with van der Waals surface area (Å²) in [6, 6.07) is 13.5. The Balaban J connectivity index is 0.00000341. The second kappa shape index (κ2) is 11.2. The van der Waals surface area contributed by atoms with Crippen LogP contribution in [0.5, 0.6) is 5.75 Å². The molecule has 3 N–H and O–H groups in total. The Morgan fingerprint density at radius 1 is 1.10 bits per heavy atom. The minimum Gasteiger partial charge on any atom is -0.406 e. The molecular formula is C21H24F3IN4O2. The highest BCUT2D eigenvalue weighted by molar-refractivity contribution is 14.0. The van der Waals surface area contributed by atoms with Crippen LogP contribution in [-0.2, 0) is 24.4 Å². The number of ether oxygens (including phenoxy) is 1. The molecule has 2 aromatic rings. The molecule has 2 aromatic carbocycles. The van der Waals surface area contributed by atoms with Crippen LogP contribution in [0.1, 0.15) is 29.5 Å². The molecule has 1 amide bonds. The number of hydrogen-bond donors (Lipinski definition) is 2. The standard InChI is InChI=1S/C21H23F3N4O2.HI/c22-21(23,24)30-18-9-7-15(8-10-18)12-27-20(25)26-11-3-6-19(29)28-13-16-4-1-2-5-17(16)14-28;/h1-2,4-5,7-10H,3,6,11-14H2,(H3,25,26,27);1H. The van der Waals surface area contributed by atoms with E-state index in [2.05, 4.69) is 15.0 Å². The van der Waals surface area contributed by atoms with E-state index in [1.54, 1.807) is 0 Å². The summed E-state index contributed by atoms with van der Waals surface area (Å²) >= 11 is 0. The minimum absolute atomic E-state index is 0. The van der Waals surface area contributed by atoms with Crippen molar-refractivity contribution in [2.24, 2.45) is 10.7 Å². The summed E-state index contributed by atoms with van der Waals surface area (Å²) in [5.41, 5.74) is 8.88. The maximum Gasteiger partial charge on any atom is 0.573 e. The van der Waals surface area contributed by atoms with Crippen molar-refractivity contribution >= 4 is 35.8 Å². The zero-order chi connectivity index (χ0) is 21.6. The smallest absolute Gasteiger partial charge is 0.406 e. The Hall–Kier alpha value is -2.50. The Morgan fingerprint density at radius 3 is 2.29 bits per heavy atom. The van der Waals surface area contributed by atoms with E-state index in [0.717, 1.165) is 0 Å². The summed E-state index contributed by atoms with van der Waals surface area (Å²) in [5, 5.41) is 2.94. The monoisotopic (exact) mass is 548 g/mol. The maximum atomic E-state index is 12.3. The third kappa shape index (κ3) is 7.93. The Kier molecular flexibility index (Phi) is 8.96. The third-order valence-electron chi connectivity index (χ3n) is 4.66. The molecule has 0 bridgehead atoms. The lowest BCUT2D eigenvalue weighted by molar-refractivity contribution is -0.274. The lowest BCUT2D eigenvalue weighted by Gasteiger charge is -2.15. The molecule has 6 nitrogen and oxygen atoms in total. The molecule has 3 rings (SSSR count). The van der Waals surface area contributed by atoms with Gasteiger partial charge in [-0.3, -0.25) is 4.79 Å². The van der Waals surface area contributed by atoms with Crippen LogP contribution in [-0.4, -0.2) is 29.7 Å². The topological polar surface area (TPSA) is 80.0 Å². The number of nitrogens with two attached hydrogens (primary N) is 1. The molecule has 31 heavy (non-hydrogen) atoms. The fraction of sp³-hybridized carbons (Fsp3) is 0.333. The number of carbonyl (C=O) groups excluding carboxylic acids is 1. The summed E-state index contributed by atoms with van der Waals surface area (Å²) in [7, 11) is 0. The largest absolute Gasteiger partial charge is 0.573 e. The molecule has 0 fully saturated rings. The zero-order valence-electron chi connectivity index (χ0n) is 16.7. The molecule has 0 aromatic heterocycles. The van der Waals surface area contributed by atoms with Gasteiger partial charge in [-0.05, 0) is 35.2 Å². The first-order valence-corrected chi connectivity index (χ1v) is 9.53. The first-order valence-electron chi connectivity index (χ1n) is 9.53. The van der Waals surface area contributed by atoms with E-state index in [1.807, 2.05) is 29.2 Å². The highest BCUT2D eigenvalue weighted by Gasteiger charge is 2.30. The van der Waals surface area contributed by atoms with Crippen molar-refractivity contribution in [3.05, 3.63) is 65.2 Å². The van der Waals surface area contributed by atoms with Crippen LogP contribution in [0.25, 0.3) is 0 Å². The van der Waals surface area contributed by atoms with Crippen molar-refractivity contribution < 1.29 is 22.7 Å². The lowest BCUT2D eigenvalue weighted by atomic mass is 10.1. The number of nitrogens with one attached hydrogen (secondary N) is 1. The van der Waals surface area contributed by atoms with Crippen LogP contribution in [0.3, 0.4) is 0 Å². The van der Waals surface area contributed by atoms with Crippen molar-refractivity contribution in [3.8, 4) is 5.75 Å². The van der Waals surface area contributed by atoms with Crippen LogP contribution >= 0.6 is 24.0 Å². The number of rotatable bonds is 7. The molecule has 168 valence electrons. The Morgan fingerprint density at radius 2 is 1.71 bits per heavy atom. The van der Waals surface area contributed by atoms with Gasteiger partial charge in [0.05, 0.1) is 6.54 Å².